The van der Waals surface area contributed by atoms with Crippen molar-refractivity contribution < 1.29 is 5.11 Å². The lowest BCUT2D eigenvalue weighted by Crippen LogP contribution is -2.19. The normalized spacial score (nSPS) is 29.6. The fourth-order valence-corrected chi connectivity index (χ4v) is 5.76. The zero-order valence-corrected chi connectivity index (χ0v) is 11.4. The molecule has 1 aromatic carbocycles. The van der Waals surface area contributed by atoms with Crippen LogP contribution in [0.15, 0.2) is 17.0 Å². The third-order valence-electron chi connectivity index (χ3n) is 3.58. The van der Waals surface area contributed by atoms with Crippen molar-refractivity contribution in [1.29, 1.82) is 0 Å². The molecule has 2 atom stereocenters. The summed E-state index contributed by atoms with van der Waals surface area (Å²) in [7, 11) is 0.380. The van der Waals surface area contributed by atoms with E-state index in [9.17, 15) is 5.11 Å². The summed E-state index contributed by atoms with van der Waals surface area (Å²) in [6, 6.07) is 4.37. The van der Waals surface area contributed by atoms with Gasteiger partial charge >= 0.3 is 0 Å². The van der Waals surface area contributed by atoms with E-state index in [0.717, 1.165) is 21.6 Å². The van der Waals surface area contributed by atoms with Crippen LogP contribution in [0.5, 0.6) is 5.75 Å². The van der Waals surface area contributed by atoms with E-state index in [1.807, 2.05) is 13.8 Å². The Morgan fingerprint density at radius 2 is 1.50 bits per heavy atom. The van der Waals surface area contributed by atoms with Gasteiger partial charge in [-0.25, -0.2) is 0 Å². The molecule has 0 spiro atoms. The number of phenols is 1. The molecule has 0 aliphatic carbocycles. The van der Waals surface area contributed by atoms with Crippen LogP contribution in [-0.2, 0) is 10.9 Å². The molecular formula is C14H21OS+. The van der Waals surface area contributed by atoms with Gasteiger partial charge < -0.3 is 5.11 Å². The minimum Gasteiger partial charge on any atom is -0.507 e. The lowest BCUT2D eigenvalue weighted by atomic mass is 10.1. The molecule has 0 bridgehead atoms. The highest BCUT2D eigenvalue weighted by Gasteiger charge is 2.41. The first-order valence-electron chi connectivity index (χ1n) is 6.03. The highest BCUT2D eigenvalue weighted by molar-refractivity contribution is 7.98. The molecular weight excluding hydrogens is 216 g/mol. The Kier molecular flexibility index (Phi) is 3.20. The minimum absolute atomic E-state index is 0.380. The fraction of sp³-hybridized carbons (Fsp3) is 0.571. The molecule has 1 saturated heterocycles. The van der Waals surface area contributed by atoms with Crippen molar-refractivity contribution in [2.24, 2.45) is 0 Å². The molecule has 2 heteroatoms. The first-order chi connectivity index (χ1) is 7.50. The van der Waals surface area contributed by atoms with Crippen LogP contribution in [0.25, 0.3) is 0 Å². The average molecular weight is 237 g/mol. The van der Waals surface area contributed by atoms with E-state index in [0.29, 0.717) is 16.6 Å². The van der Waals surface area contributed by atoms with Gasteiger partial charge in [0.15, 0.2) is 4.90 Å². The summed E-state index contributed by atoms with van der Waals surface area (Å²) in [5.41, 5.74) is 2.04. The number of hydrogen-bond donors (Lipinski definition) is 1. The first kappa shape index (κ1) is 11.8. The maximum atomic E-state index is 9.81. The molecule has 1 fully saturated rings. The zero-order valence-electron chi connectivity index (χ0n) is 10.6. The van der Waals surface area contributed by atoms with Crippen molar-refractivity contribution in [2.45, 2.75) is 55.9 Å². The summed E-state index contributed by atoms with van der Waals surface area (Å²) in [6.07, 6.45) is 2.70. The van der Waals surface area contributed by atoms with E-state index in [-0.39, 0.29) is 0 Å². The fourth-order valence-electron chi connectivity index (χ4n) is 2.64. The summed E-state index contributed by atoms with van der Waals surface area (Å²) in [5, 5.41) is 11.4. The molecule has 1 N–H and O–H groups in total. The first-order valence-corrected chi connectivity index (χ1v) is 7.38. The second-order valence-electron chi connectivity index (χ2n) is 4.98. The van der Waals surface area contributed by atoms with Crippen molar-refractivity contribution in [1.82, 2.24) is 0 Å². The Morgan fingerprint density at radius 1 is 1.06 bits per heavy atom. The average Bonchev–Trinajstić information content (AvgIpc) is 2.54. The third kappa shape index (κ3) is 1.95. The van der Waals surface area contributed by atoms with E-state index >= 15 is 0 Å². The predicted octanol–water partition coefficient (Wildman–Crippen LogP) is 3.56. The van der Waals surface area contributed by atoms with E-state index < -0.39 is 0 Å². The van der Waals surface area contributed by atoms with Crippen molar-refractivity contribution >= 4 is 10.9 Å². The highest BCUT2D eigenvalue weighted by Crippen LogP contribution is 2.37. The SMILES string of the molecule is Cc1cc([S+]2C(C)CCC2C)cc(C)c1O. The minimum atomic E-state index is 0.380. The molecule has 0 amide bonds. The zero-order chi connectivity index (χ0) is 11.9. The van der Waals surface area contributed by atoms with Crippen molar-refractivity contribution in [3.8, 4) is 5.75 Å². The Morgan fingerprint density at radius 3 is 1.94 bits per heavy atom. The number of phenolic OH excluding ortho intramolecular Hbond substituents is 1. The molecule has 1 aliphatic heterocycles. The lowest BCUT2D eigenvalue weighted by Gasteiger charge is -2.13. The van der Waals surface area contributed by atoms with Crippen LogP contribution in [0.4, 0.5) is 0 Å². The summed E-state index contributed by atoms with van der Waals surface area (Å²) >= 11 is 0. The second-order valence-corrected chi connectivity index (χ2v) is 7.80. The number of aromatic hydroxyl groups is 1. The summed E-state index contributed by atoms with van der Waals surface area (Å²) in [4.78, 5) is 1.45. The largest absolute Gasteiger partial charge is 0.507 e. The summed E-state index contributed by atoms with van der Waals surface area (Å²) in [5.74, 6) is 0.465. The Labute approximate surface area is 101 Å². The molecule has 2 unspecified atom stereocenters. The topological polar surface area (TPSA) is 20.2 Å². The van der Waals surface area contributed by atoms with Crippen LogP contribution >= 0.6 is 0 Å². The van der Waals surface area contributed by atoms with Crippen molar-refractivity contribution in [2.75, 3.05) is 0 Å². The summed E-state index contributed by atoms with van der Waals surface area (Å²) < 4.78 is 0. The highest BCUT2D eigenvalue weighted by atomic mass is 32.2. The van der Waals surface area contributed by atoms with Gasteiger partial charge in [0.05, 0.1) is 0 Å². The smallest absolute Gasteiger partial charge is 0.156 e. The number of aryl methyl sites for hydroxylation is 2. The van der Waals surface area contributed by atoms with Crippen LogP contribution in [0, 0.1) is 13.8 Å². The van der Waals surface area contributed by atoms with Crippen LogP contribution < -0.4 is 0 Å². The molecule has 0 saturated carbocycles. The van der Waals surface area contributed by atoms with Gasteiger partial charge in [-0.15, -0.1) is 0 Å². The van der Waals surface area contributed by atoms with Crippen LogP contribution in [0.1, 0.15) is 37.8 Å². The van der Waals surface area contributed by atoms with Gasteiger partial charge in [0, 0.05) is 10.9 Å². The molecule has 1 aliphatic rings. The molecule has 2 rings (SSSR count). The maximum absolute atomic E-state index is 9.81. The molecule has 0 aromatic heterocycles. The number of rotatable bonds is 1. The number of benzene rings is 1. The van der Waals surface area contributed by atoms with Crippen LogP contribution in [-0.4, -0.2) is 15.6 Å². The molecule has 1 heterocycles. The standard InChI is InChI=1S/C14H20OS/c1-9-7-13(8-10(2)14(9)15)16-11(3)5-6-12(16)4/h7-8,11-12H,5-6H2,1-4H3/p+1. The molecule has 0 radical (unpaired) electrons. The van der Waals surface area contributed by atoms with Crippen molar-refractivity contribution in [3.05, 3.63) is 23.3 Å². The van der Waals surface area contributed by atoms with E-state index in [1.54, 1.807) is 0 Å². The van der Waals surface area contributed by atoms with Gasteiger partial charge in [-0.1, -0.05) is 0 Å². The predicted molar refractivity (Wildman–Crippen MR) is 71.4 cm³/mol. The molecule has 88 valence electrons. The van der Waals surface area contributed by atoms with Gasteiger partial charge in [0.25, 0.3) is 0 Å². The quantitative estimate of drug-likeness (QED) is 0.741. The monoisotopic (exact) mass is 237 g/mol. The van der Waals surface area contributed by atoms with Crippen molar-refractivity contribution in [3.63, 3.8) is 0 Å². The van der Waals surface area contributed by atoms with Gasteiger partial charge in [-0.05, 0) is 63.8 Å². The molecule has 1 nitrogen and oxygen atoms in total. The van der Waals surface area contributed by atoms with Gasteiger partial charge in [0.1, 0.15) is 16.2 Å². The second kappa shape index (κ2) is 4.33. The Balaban J connectivity index is 2.40. The van der Waals surface area contributed by atoms with Gasteiger partial charge in [-0.3, -0.25) is 0 Å². The molecule has 1 aromatic rings. The van der Waals surface area contributed by atoms with E-state index in [4.69, 9.17) is 0 Å². The van der Waals surface area contributed by atoms with E-state index in [2.05, 4.69) is 26.0 Å². The Bertz CT molecular complexity index is 367. The van der Waals surface area contributed by atoms with Gasteiger partial charge in [0.2, 0.25) is 0 Å². The van der Waals surface area contributed by atoms with E-state index in [1.165, 1.54) is 17.7 Å². The Hall–Kier alpha value is -0.630. The van der Waals surface area contributed by atoms with Crippen LogP contribution in [0.2, 0.25) is 0 Å². The molecule has 16 heavy (non-hydrogen) atoms. The maximum Gasteiger partial charge on any atom is 0.156 e. The number of hydrogen-bond acceptors (Lipinski definition) is 1. The van der Waals surface area contributed by atoms with Gasteiger partial charge in [-0.2, -0.15) is 0 Å². The lowest BCUT2D eigenvalue weighted by molar-refractivity contribution is 0.466. The third-order valence-corrected chi connectivity index (χ3v) is 6.57. The van der Waals surface area contributed by atoms with Crippen LogP contribution in [0.3, 0.4) is 0 Å². The summed E-state index contributed by atoms with van der Waals surface area (Å²) in [6.45, 7) is 8.73.